The maximum absolute atomic E-state index is 4.80. The molecular formula is C15H23NS. The molecule has 0 aromatic rings. The molecule has 0 aliphatic heterocycles. The molecular weight excluding hydrogens is 228 g/mol. The first-order valence-electron chi connectivity index (χ1n) is 7.12. The Hall–Kier alpha value is -0.200. The van der Waals surface area contributed by atoms with E-state index in [-0.39, 0.29) is 0 Å². The van der Waals surface area contributed by atoms with Crippen molar-refractivity contribution < 1.29 is 0 Å². The van der Waals surface area contributed by atoms with Crippen LogP contribution in [-0.4, -0.2) is 11.2 Å². The molecule has 0 heterocycles. The third kappa shape index (κ3) is 1.64. The first kappa shape index (κ1) is 11.9. The van der Waals surface area contributed by atoms with E-state index in [4.69, 9.17) is 12.2 Å². The summed E-state index contributed by atoms with van der Waals surface area (Å²) in [5, 5.41) is 2.63. The predicted molar refractivity (Wildman–Crippen MR) is 74.2 cm³/mol. The summed E-state index contributed by atoms with van der Waals surface area (Å²) in [4.78, 5) is 4.43. The van der Waals surface area contributed by atoms with Gasteiger partial charge in [0.25, 0.3) is 0 Å². The highest BCUT2D eigenvalue weighted by Crippen LogP contribution is 2.66. The molecule has 0 N–H and O–H groups in total. The Bertz CT molecular complexity index is 371. The van der Waals surface area contributed by atoms with Gasteiger partial charge < -0.3 is 0 Å². The van der Waals surface area contributed by atoms with E-state index in [2.05, 4.69) is 30.9 Å². The molecule has 4 aliphatic carbocycles. The summed E-state index contributed by atoms with van der Waals surface area (Å²) in [6, 6.07) is 0.507. The molecule has 4 saturated carbocycles. The molecule has 0 amide bonds. The van der Waals surface area contributed by atoms with Crippen LogP contribution in [0.2, 0.25) is 0 Å². The summed E-state index contributed by atoms with van der Waals surface area (Å²) in [5.74, 6) is 4.52. The van der Waals surface area contributed by atoms with Crippen molar-refractivity contribution in [2.75, 3.05) is 0 Å². The van der Waals surface area contributed by atoms with Gasteiger partial charge in [0.15, 0.2) is 0 Å². The Labute approximate surface area is 110 Å². The smallest absolute Gasteiger partial charge is 0.0634 e. The van der Waals surface area contributed by atoms with Crippen LogP contribution in [0.5, 0.6) is 0 Å². The molecule has 4 bridgehead atoms. The number of thiocarbonyl (C=S) groups is 1. The van der Waals surface area contributed by atoms with Crippen LogP contribution in [0.15, 0.2) is 4.99 Å². The summed E-state index contributed by atoms with van der Waals surface area (Å²) in [7, 11) is 0. The lowest BCUT2D eigenvalue weighted by atomic mass is 9.55. The second-order valence-electron chi connectivity index (χ2n) is 7.26. The molecule has 2 heteroatoms. The van der Waals surface area contributed by atoms with E-state index in [1.54, 1.807) is 0 Å². The lowest BCUT2D eigenvalue weighted by molar-refractivity contribution is 0.000275. The maximum atomic E-state index is 4.80. The Balaban J connectivity index is 1.88. The fourth-order valence-corrected chi connectivity index (χ4v) is 5.56. The third-order valence-electron chi connectivity index (χ3n) is 6.08. The average Bonchev–Trinajstić information content (AvgIpc) is 2.47. The molecule has 94 valence electrons. The summed E-state index contributed by atoms with van der Waals surface area (Å²) in [6.07, 6.45) is 5.56. The van der Waals surface area contributed by atoms with E-state index < -0.39 is 0 Å². The lowest BCUT2D eigenvalue weighted by Gasteiger charge is -2.51. The van der Waals surface area contributed by atoms with Gasteiger partial charge in [0.2, 0.25) is 0 Å². The zero-order valence-corrected chi connectivity index (χ0v) is 12.0. The average molecular weight is 251 g/mol. The topological polar surface area (TPSA) is 12.4 Å². The molecule has 0 aromatic carbocycles. The molecule has 0 aromatic heterocycles. The van der Waals surface area contributed by atoms with Crippen molar-refractivity contribution in [2.24, 2.45) is 40.0 Å². The highest BCUT2D eigenvalue weighted by atomic mass is 32.1. The van der Waals surface area contributed by atoms with Gasteiger partial charge in [-0.3, -0.25) is 0 Å². The van der Waals surface area contributed by atoms with E-state index in [1.807, 2.05) is 0 Å². The lowest BCUT2D eigenvalue weighted by Crippen LogP contribution is -2.46. The van der Waals surface area contributed by atoms with Crippen molar-refractivity contribution in [1.82, 2.24) is 0 Å². The molecule has 0 spiro atoms. The van der Waals surface area contributed by atoms with E-state index in [9.17, 15) is 0 Å². The zero-order valence-electron chi connectivity index (χ0n) is 11.1. The quantitative estimate of drug-likeness (QED) is 0.529. The molecule has 4 fully saturated rings. The summed E-state index contributed by atoms with van der Waals surface area (Å²) >= 11 is 4.80. The Morgan fingerprint density at radius 3 is 2.65 bits per heavy atom. The fourth-order valence-electron chi connectivity index (χ4n) is 5.42. The molecule has 0 radical (unpaired) electrons. The molecule has 6 atom stereocenters. The predicted octanol–water partition coefficient (Wildman–Crippen LogP) is 4.19. The second kappa shape index (κ2) is 3.90. The molecule has 17 heavy (non-hydrogen) atoms. The molecule has 1 nitrogen and oxygen atoms in total. The van der Waals surface area contributed by atoms with Crippen LogP contribution in [0, 0.1) is 35.0 Å². The van der Waals surface area contributed by atoms with Gasteiger partial charge in [0.1, 0.15) is 0 Å². The Kier molecular flexibility index (Phi) is 2.72. The standard InChI is InChI=1S/C15H23NS/c1-9(2)12-7-15(3)6-10-4-11(12)13(15)5-14(10)16-8-17/h9-14H,4-7H2,1-3H3/t10-,11+,12-,13+,14-,15-/m1/s1/i8+2. The number of nitrogens with zero attached hydrogens (tertiary/aromatic N) is 1. The molecule has 0 saturated heterocycles. The van der Waals surface area contributed by atoms with E-state index in [0.717, 1.165) is 29.6 Å². The van der Waals surface area contributed by atoms with Gasteiger partial charge >= 0.3 is 0 Å². The van der Waals surface area contributed by atoms with Gasteiger partial charge in [-0.25, -0.2) is 4.99 Å². The van der Waals surface area contributed by atoms with Gasteiger partial charge in [-0.1, -0.05) is 20.8 Å². The third-order valence-corrected chi connectivity index (χ3v) is 6.19. The number of rotatable bonds is 2. The first-order chi connectivity index (χ1) is 8.05. The van der Waals surface area contributed by atoms with Crippen LogP contribution in [-0.2, 0) is 0 Å². The second-order valence-corrected chi connectivity index (χ2v) is 7.44. The van der Waals surface area contributed by atoms with Gasteiger partial charge in [0, 0.05) is 0 Å². The number of fused-ring (bicyclic) bond motifs is 1. The summed E-state index contributed by atoms with van der Waals surface area (Å²) in [5.41, 5.74) is 0.621. The number of hydrogen-bond acceptors (Lipinski definition) is 2. The van der Waals surface area contributed by atoms with Gasteiger partial charge in [0.05, 0.1) is 11.2 Å². The summed E-state index contributed by atoms with van der Waals surface area (Å²) < 4.78 is 0. The number of hydrogen-bond donors (Lipinski definition) is 0. The van der Waals surface area contributed by atoms with Crippen molar-refractivity contribution in [2.45, 2.75) is 52.5 Å². The van der Waals surface area contributed by atoms with Crippen LogP contribution in [0.4, 0.5) is 0 Å². The van der Waals surface area contributed by atoms with Gasteiger partial charge in [-0.2, -0.15) is 0 Å². The maximum Gasteiger partial charge on any atom is 0.0634 e. The van der Waals surface area contributed by atoms with Crippen LogP contribution in [0.1, 0.15) is 46.5 Å². The van der Waals surface area contributed by atoms with Crippen LogP contribution in [0.3, 0.4) is 0 Å². The van der Waals surface area contributed by atoms with Crippen LogP contribution >= 0.6 is 12.2 Å². The van der Waals surface area contributed by atoms with Crippen molar-refractivity contribution in [3.05, 3.63) is 0 Å². The van der Waals surface area contributed by atoms with E-state index >= 15 is 0 Å². The number of aliphatic imine (C=N–C) groups is 1. The first-order valence-corrected chi connectivity index (χ1v) is 7.53. The largest absolute Gasteiger partial charge is 0.229 e. The minimum Gasteiger partial charge on any atom is -0.229 e. The molecule has 4 rings (SSSR count). The van der Waals surface area contributed by atoms with Crippen LogP contribution in [0.25, 0.3) is 0 Å². The van der Waals surface area contributed by atoms with Crippen molar-refractivity contribution in [1.29, 1.82) is 0 Å². The van der Waals surface area contributed by atoms with Gasteiger partial charge in [-0.05, 0) is 72.9 Å². The fraction of sp³-hybridized carbons (Fsp3) is 0.933. The van der Waals surface area contributed by atoms with E-state index in [1.165, 1.54) is 25.7 Å². The van der Waals surface area contributed by atoms with Crippen molar-refractivity contribution in [3.8, 4) is 0 Å². The Morgan fingerprint density at radius 2 is 2.06 bits per heavy atom. The minimum absolute atomic E-state index is 0.507. The van der Waals surface area contributed by atoms with E-state index in [0.29, 0.717) is 11.5 Å². The van der Waals surface area contributed by atoms with Crippen LogP contribution < -0.4 is 0 Å². The molecule has 0 unspecified atom stereocenters. The number of isothiocyanates is 1. The highest BCUT2D eigenvalue weighted by Gasteiger charge is 2.60. The highest BCUT2D eigenvalue weighted by molar-refractivity contribution is 7.78. The van der Waals surface area contributed by atoms with Crippen molar-refractivity contribution >= 4 is 17.4 Å². The van der Waals surface area contributed by atoms with Crippen molar-refractivity contribution in [3.63, 3.8) is 0 Å². The minimum atomic E-state index is 0.507. The molecule has 4 aliphatic rings. The SMILES string of the molecule is CC(C)[C@H]1C[C@@]2(C)C[C@H]3C[C@@H]1[C@@H]2C[C@H]3N=[14C]=S. The normalized spacial score (nSPS) is 51.6. The summed E-state index contributed by atoms with van der Waals surface area (Å²) in [6.45, 7) is 7.36. The van der Waals surface area contributed by atoms with Gasteiger partial charge in [-0.15, -0.1) is 0 Å². The monoisotopic (exact) mass is 251 g/mol. The Morgan fingerprint density at radius 1 is 1.29 bits per heavy atom. The zero-order chi connectivity index (χ0) is 12.2.